The van der Waals surface area contributed by atoms with Crippen LogP contribution in [0.25, 0.3) is 21.9 Å². The average molecular weight is 429 g/mol. The fourth-order valence-electron chi connectivity index (χ4n) is 3.45. The van der Waals surface area contributed by atoms with E-state index < -0.39 is 6.04 Å². The van der Waals surface area contributed by atoms with Crippen LogP contribution in [-0.4, -0.2) is 40.1 Å². The van der Waals surface area contributed by atoms with Gasteiger partial charge in [-0.3, -0.25) is 9.59 Å². The van der Waals surface area contributed by atoms with Gasteiger partial charge in [-0.2, -0.15) is 5.10 Å². The van der Waals surface area contributed by atoms with Gasteiger partial charge in [0.2, 0.25) is 5.91 Å². The van der Waals surface area contributed by atoms with Crippen molar-refractivity contribution in [3.05, 3.63) is 45.2 Å². The number of aromatic nitrogens is 3. The zero-order valence-electron chi connectivity index (χ0n) is 17.2. The summed E-state index contributed by atoms with van der Waals surface area (Å²) >= 11 is 1.56. The van der Waals surface area contributed by atoms with Gasteiger partial charge < -0.3 is 14.6 Å². The van der Waals surface area contributed by atoms with Crippen molar-refractivity contribution in [2.75, 3.05) is 13.2 Å². The lowest BCUT2D eigenvalue weighted by Gasteiger charge is -2.17. The van der Waals surface area contributed by atoms with Crippen LogP contribution in [0.5, 0.6) is 0 Å². The Balaban J connectivity index is 1.68. The Morgan fingerprint density at radius 1 is 1.37 bits per heavy atom. The fourth-order valence-corrected chi connectivity index (χ4v) is 4.31. The van der Waals surface area contributed by atoms with E-state index in [-0.39, 0.29) is 17.6 Å². The number of carbonyl (C=O) groups is 1. The highest BCUT2D eigenvalue weighted by molar-refractivity contribution is 7.15. The summed E-state index contributed by atoms with van der Waals surface area (Å²) in [5.74, 6) is 0.206. The molecule has 0 aliphatic carbocycles. The quantitative estimate of drug-likeness (QED) is 0.648. The van der Waals surface area contributed by atoms with Crippen molar-refractivity contribution in [3.63, 3.8) is 0 Å². The SMILES string of the molecule is Cc1cc(-c2cc(=O)n([C@H](C)C(=O)NC[C@@H]3CCCO3)nc2-c2ccc(C)s2)on1. The van der Waals surface area contributed by atoms with Crippen molar-refractivity contribution >= 4 is 17.2 Å². The van der Waals surface area contributed by atoms with Crippen LogP contribution in [0.15, 0.2) is 33.6 Å². The molecule has 0 aromatic carbocycles. The Morgan fingerprint density at radius 3 is 2.83 bits per heavy atom. The molecule has 3 aromatic heterocycles. The molecule has 4 heterocycles. The molecule has 1 saturated heterocycles. The highest BCUT2D eigenvalue weighted by Gasteiger charge is 2.24. The summed E-state index contributed by atoms with van der Waals surface area (Å²) in [6.45, 7) is 6.65. The number of nitrogens with one attached hydrogen (secondary N) is 1. The third kappa shape index (κ3) is 4.22. The zero-order chi connectivity index (χ0) is 21.3. The van der Waals surface area contributed by atoms with Crippen LogP contribution >= 0.6 is 11.3 Å². The molecule has 158 valence electrons. The van der Waals surface area contributed by atoms with Gasteiger partial charge in [-0.25, -0.2) is 4.68 Å². The van der Waals surface area contributed by atoms with E-state index in [1.807, 2.05) is 26.0 Å². The predicted molar refractivity (Wildman–Crippen MR) is 113 cm³/mol. The molecule has 9 heteroatoms. The molecule has 1 aliphatic heterocycles. The Kier molecular flexibility index (Phi) is 5.83. The zero-order valence-corrected chi connectivity index (χ0v) is 18.0. The van der Waals surface area contributed by atoms with Gasteiger partial charge in [0.25, 0.3) is 5.56 Å². The van der Waals surface area contributed by atoms with Crippen LogP contribution in [0.2, 0.25) is 0 Å². The second kappa shape index (κ2) is 8.53. The second-order valence-electron chi connectivity index (χ2n) is 7.49. The number of rotatable bonds is 6. The van der Waals surface area contributed by atoms with Gasteiger partial charge in [-0.05, 0) is 45.7 Å². The lowest BCUT2D eigenvalue weighted by atomic mass is 10.1. The molecule has 0 bridgehead atoms. The summed E-state index contributed by atoms with van der Waals surface area (Å²) in [6, 6.07) is 6.41. The van der Waals surface area contributed by atoms with Crippen molar-refractivity contribution < 1.29 is 14.1 Å². The van der Waals surface area contributed by atoms with Crippen molar-refractivity contribution in [1.82, 2.24) is 20.3 Å². The summed E-state index contributed by atoms with van der Waals surface area (Å²) in [4.78, 5) is 27.5. The summed E-state index contributed by atoms with van der Waals surface area (Å²) < 4.78 is 12.2. The molecule has 4 rings (SSSR count). The number of aryl methyl sites for hydroxylation is 2. The number of hydrogen-bond donors (Lipinski definition) is 1. The van der Waals surface area contributed by atoms with E-state index in [1.165, 1.54) is 10.7 Å². The van der Waals surface area contributed by atoms with Gasteiger partial charge in [0.1, 0.15) is 11.7 Å². The van der Waals surface area contributed by atoms with Crippen LogP contribution in [0.3, 0.4) is 0 Å². The van der Waals surface area contributed by atoms with E-state index in [0.717, 1.165) is 29.2 Å². The van der Waals surface area contributed by atoms with Crippen LogP contribution in [-0.2, 0) is 9.53 Å². The Bertz CT molecular complexity index is 1110. The molecule has 0 spiro atoms. The van der Waals surface area contributed by atoms with Crippen LogP contribution in [0, 0.1) is 13.8 Å². The first-order valence-corrected chi connectivity index (χ1v) is 10.8. The highest BCUT2D eigenvalue weighted by atomic mass is 32.1. The molecule has 1 fully saturated rings. The Labute approximate surface area is 177 Å². The van der Waals surface area contributed by atoms with Gasteiger partial charge in [0.15, 0.2) is 5.76 Å². The minimum absolute atomic E-state index is 0.0348. The lowest BCUT2D eigenvalue weighted by molar-refractivity contribution is -0.124. The van der Waals surface area contributed by atoms with E-state index in [4.69, 9.17) is 9.26 Å². The minimum Gasteiger partial charge on any atom is -0.376 e. The van der Waals surface area contributed by atoms with E-state index in [0.29, 0.717) is 29.3 Å². The average Bonchev–Trinajstić information content (AvgIpc) is 3.48. The molecule has 3 aromatic rings. The standard InChI is InChI=1S/C21H24N4O4S/c1-12-9-17(29-24-12)16-10-19(26)25(23-20(16)18-7-6-13(2)30-18)14(3)21(27)22-11-15-5-4-8-28-15/h6-7,9-10,14-15H,4-5,8,11H2,1-3H3,(H,22,27)/t14-,15+/m1/s1. The molecule has 0 unspecified atom stereocenters. The van der Waals surface area contributed by atoms with Gasteiger partial charge >= 0.3 is 0 Å². The van der Waals surface area contributed by atoms with Crippen molar-refractivity contribution in [2.24, 2.45) is 0 Å². The summed E-state index contributed by atoms with van der Waals surface area (Å²) in [6.07, 6.45) is 1.97. The molecule has 30 heavy (non-hydrogen) atoms. The molecule has 1 N–H and O–H groups in total. The van der Waals surface area contributed by atoms with Crippen LogP contribution in [0.4, 0.5) is 0 Å². The summed E-state index contributed by atoms with van der Waals surface area (Å²) in [5.41, 5.74) is 1.48. The number of hydrogen-bond acceptors (Lipinski definition) is 7. The molecule has 0 saturated carbocycles. The number of carbonyl (C=O) groups excluding carboxylic acids is 1. The smallest absolute Gasteiger partial charge is 0.268 e. The molecule has 8 nitrogen and oxygen atoms in total. The van der Waals surface area contributed by atoms with E-state index in [2.05, 4.69) is 15.6 Å². The summed E-state index contributed by atoms with van der Waals surface area (Å²) in [7, 11) is 0. The third-order valence-electron chi connectivity index (χ3n) is 5.10. The molecule has 1 amide bonds. The first-order chi connectivity index (χ1) is 14.4. The van der Waals surface area contributed by atoms with Gasteiger partial charge in [-0.15, -0.1) is 11.3 Å². The normalized spacial score (nSPS) is 17.2. The Morgan fingerprint density at radius 2 is 2.20 bits per heavy atom. The predicted octanol–water partition coefficient (Wildman–Crippen LogP) is 3.10. The van der Waals surface area contributed by atoms with E-state index in [1.54, 1.807) is 24.3 Å². The van der Waals surface area contributed by atoms with Crippen molar-refractivity contribution in [2.45, 2.75) is 45.8 Å². The second-order valence-corrected chi connectivity index (χ2v) is 8.78. The topological polar surface area (TPSA) is 99.2 Å². The molecule has 2 atom stereocenters. The number of ether oxygens (including phenoxy) is 1. The van der Waals surface area contributed by atoms with E-state index in [9.17, 15) is 9.59 Å². The van der Waals surface area contributed by atoms with Gasteiger partial charge in [0.05, 0.1) is 22.2 Å². The number of amides is 1. The van der Waals surface area contributed by atoms with Crippen LogP contribution < -0.4 is 10.9 Å². The van der Waals surface area contributed by atoms with Gasteiger partial charge in [0, 0.05) is 30.2 Å². The fraction of sp³-hybridized carbons (Fsp3) is 0.429. The first kappa shape index (κ1) is 20.5. The van der Waals surface area contributed by atoms with Crippen LogP contribution in [0.1, 0.15) is 36.4 Å². The minimum atomic E-state index is -0.760. The highest BCUT2D eigenvalue weighted by Crippen LogP contribution is 2.34. The van der Waals surface area contributed by atoms with Crippen molar-refractivity contribution in [3.8, 4) is 21.9 Å². The maximum absolute atomic E-state index is 12.9. The van der Waals surface area contributed by atoms with Crippen molar-refractivity contribution in [1.29, 1.82) is 0 Å². The first-order valence-electron chi connectivity index (χ1n) is 9.96. The van der Waals surface area contributed by atoms with Gasteiger partial charge in [-0.1, -0.05) is 5.16 Å². The number of thiophene rings is 1. The molecular weight excluding hydrogens is 404 g/mol. The third-order valence-corrected chi connectivity index (χ3v) is 6.11. The lowest BCUT2D eigenvalue weighted by Crippen LogP contribution is -2.40. The maximum Gasteiger partial charge on any atom is 0.268 e. The maximum atomic E-state index is 12.9. The molecule has 0 radical (unpaired) electrons. The largest absolute Gasteiger partial charge is 0.376 e. The Hall–Kier alpha value is -2.78. The molecular formula is C21H24N4O4S. The number of nitrogens with zero attached hydrogens (tertiary/aromatic N) is 3. The molecule has 1 aliphatic rings. The monoisotopic (exact) mass is 428 g/mol. The van der Waals surface area contributed by atoms with E-state index >= 15 is 0 Å². The summed E-state index contributed by atoms with van der Waals surface area (Å²) in [5, 5.41) is 11.4.